The number of halogens is 4. The smallest absolute Gasteiger partial charge is 0.416 e. The number of carboxylic acid groups (broad SMARTS) is 1. The monoisotopic (exact) mass is 599 g/mol. The lowest BCUT2D eigenvalue weighted by Gasteiger charge is -2.39. The minimum Gasteiger partial charge on any atom is -0.483 e. The molecule has 0 unspecified atom stereocenters. The van der Waals surface area contributed by atoms with Gasteiger partial charge in [0.1, 0.15) is 23.1 Å². The Morgan fingerprint density at radius 1 is 1.17 bits per heavy atom. The number of rotatable bonds is 7. The Bertz CT molecular complexity index is 1440. The van der Waals surface area contributed by atoms with Crippen molar-refractivity contribution >= 4 is 22.3 Å². The Kier molecular flexibility index (Phi) is 10.2. The fraction of sp³-hybridized carbons (Fsp3) is 0.385. The summed E-state index contributed by atoms with van der Waals surface area (Å²) in [4.78, 5) is 21.5. The Morgan fingerprint density at radius 3 is 2.49 bits per heavy atom. The molecule has 4 rings (SSSR count). The van der Waals surface area contributed by atoms with Gasteiger partial charge in [0.25, 0.3) is 22.4 Å². The number of aryl methyl sites for hydroxylation is 1. The van der Waals surface area contributed by atoms with Crippen LogP contribution in [0.1, 0.15) is 42.0 Å². The van der Waals surface area contributed by atoms with Crippen LogP contribution in [0.15, 0.2) is 53.8 Å². The predicted octanol–water partition coefficient (Wildman–Crippen LogP) is 4.48. The minimum absolute atomic E-state index is 0.0199. The highest BCUT2D eigenvalue weighted by Crippen LogP contribution is 2.39. The highest BCUT2D eigenvalue weighted by Gasteiger charge is 2.37. The molecule has 1 aliphatic carbocycles. The number of hydrogen-bond donors (Lipinski definition) is 2. The van der Waals surface area contributed by atoms with Crippen molar-refractivity contribution in [2.24, 2.45) is 0 Å². The number of likely N-dealkylation sites (N-methyl/N-ethyl adjacent to an activating group) is 1. The van der Waals surface area contributed by atoms with Crippen molar-refractivity contribution in [3.05, 3.63) is 71.6 Å². The number of benzene rings is 1. The summed E-state index contributed by atoms with van der Waals surface area (Å²) in [6.45, 7) is 1.18. The number of sulfonamides is 1. The van der Waals surface area contributed by atoms with Gasteiger partial charge in [0, 0.05) is 18.3 Å². The van der Waals surface area contributed by atoms with Crippen molar-refractivity contribution < 1.29 is 40.6 Å². The van der Waals surface area contributed by atoms with Crippen LogP contribution in [0.3, 0.4) is 0 Å². The van der Waals surface area contributed by atoms with Crippen LogP contribution in [0.25, 0.3) is 0 Å². The van der Waals surface area contributed by atoms with Crippen LogP contribution in [-0.2, 0) is 21.0 Å². The first-order chi connectivity index (χ1) is 19.3. The maximum atomic E-state index is 15.1. The molecule has 10 nitrogen and oxygen atoms in total. The molecule has 3 aromatic rings. The zero-order chi connectivity index (χ0) is 30.4. The fourth-order valence-electron chi connectivity index (χ4n) is 4.66. The highest BCUT2D eigenvalue weighted by atomic mass is 32.2. The van der Waals surface area contributed by atoms with Gasteiger partial charge in [0.05, 0.1) is 11.3 Å². The van der Waals surface area contributed by atoms with E-state index >= 15 is 4.39 Å². The van der Waals surface area contributed by atoms with Crippen molar-refractivity contribution in [1.82, 2.24) is 19.9 Å². The Hall–Kier alpha value is -3.85. The van der Waals surface area contributed by atoms with E-state index in [-0.39, 0.29) is 40.7 Å². The minimum atomic E-state index is -4.43. The van der Waals surface area contributed by atoms with Gasteiger partial charge in [-0.1, -0.05) is 18.2 Å². The molecule has 41 heavy (non-hydrogen) atoms. The van der Waals surface area contributed by atoms with E-state index in [1.807, 2.05) is 19.0 Å². The van der Waals surface area contributed by atoms with Crippen LogP contribution in [0.5, 0.6) is 5.88 Å². The molecule has 0 amide bonds. The van der Waals surface area contributed by atoms with Gasteiger partial charge in [-0.3, -0.25) is 9.52 Å². The molecule has 1 fully saturated rings. The average Bonchev–Trinajstić information content (AvgIpc) is 2.91. The van der Waals surface area contributed by atoms with Crippen LogP contribution in [-0.4, -0.2) is 66.1 Å². The van der Waals surface area contributed by atoms with E-state index < -0.39 is 33.7 Å². The van der Waals surface area contributed by atoms with Crippen molar-refractivity contribution in [2.45, 2.75) is 55.3 Å². The van der Waals surface area contributed by atoms with E-state index in [1.165, 1.54) is 37.6 Å². The van der Waals surface area contributed by atoms with Crippen LogP contribution < -0.4 is 9.46 Å². The van der Waals surface area contributed by atoms with Gasteiger partial charge in [-0.2, -0.15) is 13.2 Å². The standard InChI is InChI=1S/C25H27F4N5O3S.CH2O2/c1-15-22(38(35,36)33-23-9-10-30-14-31-23)13-19(26)24(32-15)37-21-8-7-17(12-20(21)34(2)3)16-5-4-6-18(11-16)25(27,28)29;2-1-3/h4-6,9-11,13-14,17,20-21H,7-8,12H2,1-3H3,(H,30,31,33);1H,(H,2,3)/t17-,20-,21-;/m0./s1. The molecular weight excluding hydrogens is 570 g/mol. The summed E-state index contributed by atoms with van der Waals surface area (Å²) in [5.41, 5.74) is -0.0706. The van der Waals surface area contributed by atoms with Gasteiger partial charge < -0.3 is 14.7 Å². The van der Waals surface area contributed by atoms with Crippen LogP contribution in [0, 0.1) is 12.7 Å². The van der Waals surface area contributed by atoms with E-state index in [4.69, 9.17) is 14.6 Å². The van der Waals surface area contributed by atoms with Crippen LogP contribution in [0.4, 0.5) is 23.4 Å². The zero-order valence-electron chi connectivity index (χ0n) is 22.3. The number of nitrogens with zero attached hydrogens (tertiary/aromatic N) is 4. The number of aromatic nitrogens is 3. The molecule has 2 N–H and O–H groups in total. The van der Waals surface area contributed by atoms with E-state index in [0.29, 0.717) is 24.8 Å². The maximum absolute atomic E-state index is 15.1. The summed E-state index contributed by atoms with van der Waals surface area (Å²) in [6.07, 6.45) is -0.933. The summed E-state index contributed by atoms with van der Waals surface area (Å²) < 4.78 is 88.4. The van der Waals surface area contributed by atoms with Crippen molar-refractivity contribution in [1.29, 1.82) is 0 Å². The molecule has 0 saturated heterocycles. The lowest BCUT2D eigenvalue weighted by atomic mass is 9.79. The molecule has 1 aliphatic rings. The van der Waals surface area contributed by atoms with E-state index in [0.717, 1.165) is 12.1 Å². The molecule has 0 radical (unpaired) electrons. The SMILES string of the molecule is Cc1nc(O[C@H]2CC[C@H](c3cccc(C(F)(F)F)c3)C[C@@H]2N(C)C)c(F)cc1S(=O)(=O)Nc1ccncn1.O=CO. The zero-order valence-corrected chi connectivity index (χ0v) is 23.2. The van der Waals surface area contributed by atoms with Crippen LogP contribution >= 0.6 is 0 Å². The number of ether oxygens (including phenoxy) is 1. The number of hydrogen-bond acceptors (Lipinski definition) is 8. The second-order valence-corrected chi connectivity index (χ2v) is 11.1. The quantitative estimate of drug-likeness (QED) is 0.298. The van der Waals surface area contributed by atoms with Crippen molar-refractivity contribution in [3.63, 3.8) is 0 Å². The number of nitrogens with one attached hydrogen (secondary N) is 1. The summed E-state index contributed by atoms with van der Waals surface area (Å²) in [5, 5.41) is 6.89. The van der Waals surface area contributed by atoms with Gasteiger partial charge in [0.2, 0.25) is 0 Å². The van der Waals surface area contributed by atoms with Gasteiger partial charge in [-0.25, -0.2) is 27.8 Å². The van der Waals surface area contributed by atoms with Gasteiger partial charge in [-0.05, 0) is 63.9 Å². The Balaban J connectivity index is 0.00000147. The molecule has 0 aliphatic heterocycles. The molecule has 2 heterocycles. The normalized spacial score (nSPS) is 19.2. The summed E-state index contributed by atoms with van der Waals surface area (Å²) in [5.74, 6) is -1.40. The Labute approximate surface area is 234 Å². The van der Waals surface area contributed by atoms with Gasteiger partial charge >= 0.3 is 6.18 Å². The van der Waals surface area contributed by atoms with Gasteiger partial charge in [-0.15, -0.1) is 0 Å². The van der Waals surface area contributed by atoms with Crippen LogP contribution in [0.2, 0.25) is 0 Å². The molecule has 2 aromatic heterocycles. The first-order valence-corrected chi connectivity index (χ1v) is 13.8. The van der Waals surface area contributed by atoms with Gasteiger partial charge in [0.15, 0.2) is 5.82 Å². The molecule has 222 valence electrons. The number of pyridine rings is 1. The van der Waals surface area contributed by atoms with E-state index in [2.05, 4.69) is 19.7 Å². The lowest BCUT2D eigenvalue weighted by Crippen LogP contribution is -2.46. The third-order valence-corrected chi connectivity index (χ3v) is 8.04. The first kappa shape index (κ1) is 31.7. The van der Waals surface area contributed by atoms with E-state index in [1.54, 1.807) is 6.07 Å². The molecule has 3 atom stereocenters. The lowest BCUT2D eigenvalue weighted by molar-refractivity contribution is -0.137. The van der Waals surface area contributed by atoms with Crippen molar-refractivity contribution in [2.75, 3.05) is 18.8 Å². The molecule has 1 saturated carbocycles. The molecule has 0 spiro atoms. The average molecular weight is 600 g/mol. The van der Waals surface area contributed by atoms with E-state index in [9.17, 15) is 21.6 Å². The number of anilines is 1. The third kappa shape index (κ3) is 8.10. The topological polar surface area (TPSA) is 135 Å². The fourth-order valence-corrected chi connectivity index (χ4v) is 5.85. The largest absolute Gasteiger partial charge is 0.483 e. The highest BCUT2D eigenvalue weighted by molar-refractivity contribution is 7.92. The molecular formula is C26H29F4N5O5S. The second kappa shape index (κ2) is 13.2. The Morgan fingerprint density at radius 2 is 1.88 bits per heavy atom. The number of carbonyl (C=O) groups is 1. The third-order valence-electron chi connectivity index (χ3n) is 6.56. The van der Waals surface area contributed by atoms with Crippen molar-refractivity contribution in [3.8, 4) is 5.88 Å². The maximum Gasteiger partial charge on any atom is 0.416 e. The molecule has 1 aromatic carbocycles. The first-order valence-electron chi connectivity index (χ1n) is 12.3. The summed E-state index contributed by atoms with van der Waals surface area (Å²) >= 11 is 0. The molecule has 15 heteroatoms. The summed E-state index contributed by atoms with van der Waals surface area (Å²) in [6, 6.07) is 7.28. The number of alkyl halides is 3. The second-order valence-electron chi connectivity index (χ2n) is 9.48. The summed E-state index contributed by atoms with van der Waals surface area (Å²) in [7, 11) is -0.542. The molecule has 0 bridgehead atoms. The predicted molar refractivity (Wildman–Crippen MR) is 140 cm³/mol.